The maximum atomic E-state index is 5.07. The zero-order chi connectivity index (χ0) is 8.39. The zero-order valence-corrected chi connectivity index (χ0v) is 8.07. The third-order valence-corrected chi connectivity index (χ3v) is 3.25. The number of thiocarbonyl (C=S) groups is 1. The van der Waals surface area contributed by atoms with E-state index in [2.05, 4.69) is 30.3 Å². The van der Waals surface area contributed by atoms with E-state index in [1.165, 1.54) is 5.56 Å². The van der Waals surface area contributed by atoms with Crippen LogP contribution in [0.3, 0.4) is 0 Å². The van der Waals surface area contributed by atoms with Crippen LogP contribution in [0.1, 0.15) is 10.8 Å². The quantitative estimate of drug-likeness (QED) is 0.626. The van der Waals surface area contributed by atoms with Gasteiger partial charge in [-0.2, -0.15) is 0 Å². The lowest BCUT2D eigenvalue weighted by Crippen LogP contribution is -1.85. The van der Waals surface area contributed by atoms with Crippen molar-refractivity contribution >= 4 is 28.2 Å². The first-order chi connectivity index (χ1) is 5.86. The van der Waals surface area contributed by atoms with Gasteiger partial charge in [-0.25, -0.2) is 0 Å². The predicted molar refractivity (Wildman–Crippen MR) is 58.5 cm³/mol. The second kappa shape index (κ2) is 3.42. The van der Waals surface area contributed by atoms with Gasteiger partial charge in [0.05, 0.1) is 9.45 Å². The van der Waals surface area contributed by atoms with E-state index in [0.717, 1.165) is 4.20 Å². The van der Waals surface area contributed by atoms with E-state index in [4.69, 9.17) is 12.2 Å². The average Bonchev–Trinajstić information content (AvgIpc) is 2.54. The van der Waals surface area contributed by atoms with E-state index in [9.17, 15) is 0 Å². The van der Waals surface area contributed by atoms with Crippen molar-refractivity contribution < 1.29 is 0 Å². The van der Waals surface area contributed by atoms with Crippen molar-refractivity contribution in [3.8, 4) is 0 Å². The summed E-state index contributed by atoms with van der Waals surface area (Å²) in [5.41, 5.74) is 1.33. The molecule has 0 nitrogen and oxygen atoms in total. The molecule has 0 fully saturated rings. The van der Waals surface area contributed by atoms with Crippen LogP contribution in [0, 0.1) is 0 Å². The molecule has 0 saturated heterocycles. The van der Waals surface area contributed by atoms with Gasteiger partial charge in [0.1, 0.15) is 0 Å². The van der Waals surface area contributed by atoms with Gasteiger partial charge >= 0.3 is 0 Å². The maximum Gasteiger partial charge on any atom is 0.0712 e. The first kappa shape index (κ1) is 8.02. The van der Waals surface area contributed by atoms with Crippen LogP contribution >= 0.6 is 24.0 Å². The molecule has 12 heavy (non-hydrogen) atoms. The fourth-order valence-corrected chi connectivity index (χ4v) is 2.44. The summed E-state index contributed by atoms with van der Waals surface area (Å²) < 4.78 is 0.990. The Hall–Kier alpha value is -0.600. The molecule has 1 unspecified atom stereocenters. The topological polar surface area (TPSA) is 0 Å². The molecule has 1 aliphatic heterocycles. The molecule has 1 aliphatic rings. The molecular formula is C10H8S2. The van der Waals surface area contributed by atoms with E-state index >= 15 is 0 Å². The van der Waals surface area contributed by atoms with Crippen LogP contribution < -0.4 is 0 Å². The van der Waals surface area contributed by atoms with Crippen LogP contribution in [0.25, 0.3) is 0 Å². The van der Waals surface area contributed by atoms with Crippen molar-refractivity contribution in [2.45, 2.75) is 5.25 Å². The molecule has 0 bridgehead atoms. The minimum Gasteiger partial charge on any atom is -0.102 e. The Morgan fingerprint density at radius 3 is 2.50 bits per heavy atom. The Balaban J connectivity index is 2.23. The number of rotatable bonds is 1. The number of hydrogen-bond acceptors (Lipinski definition) is 2. The summed E-state index contributed by atoms with van der Waals surface area (Å²) >= 11 is 6.81. The van der Waals surface area contributed by atoms with Crippen LogP contribution in [-0.2, 0) is 0 Å². The molecule has 0 saturated carbocycles. The number of benzene rings is 1. The van der Waals surface area contributed by atoms with Gasteiger partial charge in [-0.1, -0.05) is 48.6 Å². The molecule has 0 spiro atoms. The Morgan fingerprint density at radius 2 is 1.92 bits per heavy atom. The fourth-order valence-electron chi connectivity index (χ4n) is 1.19. The predicted octanol–water partition coefficient (Wildman–Crippen LogP) is 3.36. The standard InChI is InChI=1S/C10H8S2/c11-10-7-6-9(12-10)8-4-2-1-3-5-8/h1-7,9H. The number of thioether (sulfide) groups is 1. The summed E-state index contributed by atoms with van der Waals surface area (Å²) in [5.74, 6) is 0. The molecular weight excluding hydrogens is 184 g/mol. The molecule has 0 aromatic heterocycles. The highest BCUT2D eigenvalue weighted by molar-refractivity contribution is 8.24. The fraction of sp³-hybridized carbons (Fsp3) is 0.100. The highest BCUT2D eigenvalue weighted by atomic mass is 32.2. The zero-order valence-electron chi connectivity index (χ0n) is 6.44. The third-order valence-electron chi connectivity index (χ3n) is 1.78. The summed E-state index contributed by atoms with van der Waals surface area (Å²) in [5, 5.41) is 0.443. The molecule has 1 heterocycles. The van der Waals surface area contributed by atoms with Crippen molar-refractivity contribution in [1.82, 2.24) is 0 Å². The molecule has 0 aliphatic carbocycles. The second-order valence-corrected chi connectivity index (χ2v) is 4.51. The van der Waals surface area contributed by atoms with Gasteiger partial charge in [-0.3, -0.25) is 0 Å². The summed E-state index contributed by atoms with van der Waals surface area (Å²) in [7, 11) is 0. The lowest BCUT2D eigenvalue weighted by atomic mass is 10.1. The van der Waals surface area contributed by atoms with E-state index < -0.39 is 0 Å². The molecule has 0 N–H and O–H groups in total. The molecule has 2 rings (SSSR count). The highest BCUT2D eigenvalue weighted by Gasteiger charge is 2.14. The van der Waals surface area contributed by atoms with Gasteiger partial charge in [0, 0.05) is 0 Å². The van der Waals surface area contributed by atoms with Gasteiger partial charge in [0.2, 0.25) is 0 Å². The molecule has 1 aromatic carbocycles. The summed E-state index contributed by atoms with van der Waals surface area (Å²) in [6.07, 6.45) is 4.17. The molecule has 1 aromatic rings. The lowest BCUT2D eigenvalue weighted by molar-refractivity contribution is 1.25. The molecule has 2 heteroatoms. The van der Waals surface area contributed by atoms with E-state index in [1.54, 1.807) is 11.8 Å². The summed E-state index contributed by atoms with van der Waals surface area (Å²) in [6.45, 7) is 0. The molecule has 1 atom stereocenters. The van der Waals surface area contributed by atoms with Gasteiger partial charge in [0.15, 0.2) is 0 Å². The van der Waals surface area contributed by atoms with Crippen LogP contribution in [0.4, 0.5) is 0 Å². The van der Waals surface area contributed by atoms with E-state index in [0.29, 0.717) is 5.25 Å². The van der Waals surface area contributed by atoms with Gasteiger partial charge < -0.3 is 0 Å². The lowest BCUT2D eigenvalue weighted by Gasteiger charge is -2.05. The smallest absolute Gasteiger partial charge is 0.0712 e. The maximum absolute atomic E-state index is 5.07. The Morgan fingerprint density at radius 1 is 1.17 bits per heavy atom. The van der Waals surface area contributed by atoms with Crippen molar-refractivity contribution in [3.05, 3.63) is 48.0 Å². The van der Waals surface area contributed by atoms with Crippen LogP contribution in [0.5, 0.6) is 0 Å². The van der Waals surface area contributed by atoms with Crippen LogP contribution in [-0.4, -0.2) is 4.20 Å². The number of hydrogen-bond donors (Lipinski definition) is 0. The third kappa shape index (κ3) is 1.59. The molecule has 60 valence electrons. The van der Waals surface area contributed by atoms with Crippen molar-refractivity contribution in [1.29, 1.82) is 0 Å². The summed E-state index contributed by atoms with van der Waals surface area (Å²) in [4.78, 5) is 0. The second-order valence-electron chi connectivity index (χ2n) is 2.63. The first-order valence-electron chi connectivity index (χ1n) is 3.80. The minimum atomic E-state index is 0.443. The summed E-state index contributed by atoms with van der Waals surface area (Å²) in [6, 6.07) is 10.4. The average molecular weight is 192 g/mol. The molecule has 0 radical (unpaired) electrons. The SMILES string of the molecule is S=C1C=CC(c2ccccc2)S1. The van der Waals surface area contributed by atoms with Crippen molar-refractivity contribution in [2.24, 2.45) is 0 Å². The van der Waals surface area contributed by atoms with E-state index in [-0.39, 0.29) is 0 Å². The van der Waals surface area contributed by atoms with Gasteiger partial charge in [-0.15, -0.1) is 11.8 Å². The van der Waals surface area contributed by atoms with E-state index in [1.807, 2.05) is 12.1 Å². The Kier molecular flexibility index (Phi) is 2.28. The van der Waals surface area contributed by atoms with Crippen molar-refractivity contribution in [2.75, 3.05) is 0 Å². The van der Waals surface area contributed by atoms with Crippen LogP contribution in [0.15, 0.2) is 42.5 Å². The normalized spacial score (nSPS) is 21.7. The van der Waals surface area contributed by atoms with Gasteiger partial charge in [-0.05, 0) is 11.6 Å². The largest absolute Gasteiger partial charge is 0.102 e. The Bertz CT molecular complexity index is 314. The van der Waals surface area contributed by atoms with Crippen molar-refractivity contribution in [3.63, 3.8) is 0 Å². The minimum absolute atomic E-state index is 0.443. The van der Waals surface area contributed by atoms with Gasteiger partial charge in [0.25, 0.3) is 0 Å². The van der Waals surface area contributed by atoms with Crippen LogP contribution in [0.2, 0.25) is 0 Å². The molecule has 0 amide bonds. The first-order valence-corrected chi connectivity index (χ1v) is 5.09. The Labute approximate surface area is 81.7 Å². The monoisotopic (exact) mass is 192 g/mol. The highest BCUT2D eigenvalue weighted by Crippen LogP contribution is 2.36.